The van der Waals surface area contributed by atoms with Crippen molar-refractivity contribution in [1.82, 2.24) is 9.62 Å². The van der Waals surface area contributed by atoms with Gasteiger partial charge in [0.2, 0.25) is 15.9 Å². The van der Waals surface area contributed by atoms with Gasteiger partial charge in [-0.25, -0.2) is 12.7 Å². The zero-order valence-corrected chi connectivity index (χ0v) is 15.3. The Morgan fingerprint density at radius 1 is 1.38 bits per heavy atom. The highest BCUT2D eigenvalue weighted by Gasteiger charge is 2.30. The Hall–Kier alpha value is -1.60. The van der Waals surface area contributed by atoms with Crippen molar-refractivity contribution in [3.05, 3.63) is 29.8 Å². The summed E-state index contributed by atoms with van der Waals surface area (Å²) in [6, 6.07) is 7.59. The zero-order chi connectivity index (χ0) is 17.7. The quantitative estimate of drug-likeness (QED) is 0.841. The van der Waals surface area contributed by atoms with Crippen molar-refractivity contribution in [1.29, 1.82) is 0 Å². The number of rotatable bonds is 6. The molecule has 6 nitrogen and oxygen atoms in total. The first kappa shape index (κ1) is 18.7. The third-order valence-electron chi connectivity index (χ3n) is 4.13. The Morgan fingerprint density at radius 2 is 2.04 bits per heavy atom. The number of benzene rings is 1. The van der Waals surface area contributed by atoms with Crippen molar-refractivity contribution in [2.45, 2.75) is 32.7 Å². The van der Waals surface area contributed by atoms with Crippen LogP contribution in [0.4, 0.5) is 0 Å². The molecule has 0 spiro atoms. The van der Waals surface area contributed by atoms with Gasteiger partial charge in [0.15, 0.2) is 0 Å². The summed E-state index contributed by atoms with van der Waals surface area (Å²) in [6.45, 7) is 5.02. The highest BCUT2D eigenvalue weighted by Crippen LogP contribution is 2.19. The molecule has 0 saturated carbocycles. The van der Waals surface area contributed by atoms with Gasteiger partial charge >= 0.3 is 0 Å². The van der Waals surface area contributed by atoms with Gasteiger partial charge < -0.3 is 10.1 Å². The second kappa shape index (κ2) is 7.98. The molecule has 1 heterocycles. The fourth-order valence-electron chi connectivity index (χ4n) is 2.72. The first-order valence-corrected chi connectivity index (χ1v) is 10.1. The minimum Gasteiger partial charge on any atom is -0.491 e. The van der Waals surface area contributed by atoms with Gasteiger partial charge in [-0.1, -0.05) is 17.7 Å². The summed E-state index contributed by atoms with van der Waals surface area (Å²) in [5.41, 5.74) is 1.16. The van der Waals surface area contributed by atoms with Crippen molar-refractivity contribution < 1.29 is 17.9 Å². The molecular formula is C17H26N2O4S. The second-order valence-electron chi connectivity index (χ2n) is 6.49. The first-order valence-electron chi connectivity index (χ1n) is 8.20. The van der Waals surface area contributed by atoms with Crippen LogP contribution in [-0.4, -0.2) is 50.6 Å². The van der Waals surface area contributed by atoms with Gasteiger partial charge in [-0.3, -0.25) is 4.79 Å². The lowest BCUT2D eigenvalue weighted by Crippen LogP contribution is -2.47. The molecule has 2 rings (SSSR count). The number of hydrogen-bond donors (Lipinski definition) is 1. The standard InChI is InChI=1S/C17H26N2O4S/c1-13-6-8-16(9-7-13)23-12-14(2)18-17(20)15-5-4-10-19(11-15)24(3,21)22/h6-9,14-15H,4-5,10-12H2,1-3H3,(H,18,20)/t14-,15+/m0/s1. The van der Waals surface area contributed by atoms with Crippen LogP contribution in [0.15, 0.2) is 24.3 Å². The Kier molecular flexibility index (Phi) is 6.23. The van der Waals surface area contributed by atoms with Crippen molar-refractivity contribution >= 4 is 15.9 Å². The summed E-state index contributed by atoms with van der Waals surface area (Å²) in [7, 11) is -3.24. The summed E-state index contributed by atoms with van der Waals surface area (Å²) in [4.78, 5) is 12.3. The highest BCUT2D eigenvalue weighted by molar-refractivity contribution is 7.88. The van der Waals surface area contributed by atoms with E-state index in [1.807, 2.05) is 38.1 Å². The molecule has 2 atom stereocenters. The molecular weight excluding hydrogens is 328 g/mol. The zero-order valence-electron chi connectivity index (χ0n) is 14.5. The van der Waals surface area contributed by atoms with E-state index in [1.165, 1.54) is 10.6 Å². The van der Waals surface area contributed by atoms with E-state index in [2.05, 4.69) is 5.32 Å². The minimum atomic E-state index is -3.24. The van der Waals surface area contributed by atoms with Crippen LogP contribution >= 0.6 is 0 Å². The van der Waals surface area contributed by atoms with Gasteiger partial charge in [0.1, 0.15) is 12.4 Å². The van der Waals surface area contributed by atoms with E-state index in [4.69, 9.17) is 4.74 Å². The minimum absolute atomic E-state index is 0.108. The Balaban J connectivity index is 1.81. The molecule has 1 N–H and O–H groups in total. The third kappa shape index (κ3) is 5.49. The monoisotopic (exact) mass is 354 g/mol. The van der Waals surface area contributed by atoms with Crippen LogP contribution in [-0.2, 0) is 14.8 Å². The number of hydrogen-bond acceptors (Lipinski definition) is 4. The van der Waals surface area contributed by atoms with E-state index in [-0.39, 0.29) is 24.4 Å². The van der Waals surface area contributed by atoms with E-state index in [0.29, 0.717) is 26.0 Å². The summed E-state index contributed by atoms with van der Waals surface area (Å²) in [6.07, 6.45) is 2.61. The number of ether oxygens (including phenoxy) is 1. The van der Waals surface area contributed by atoms with Crippen LogP contribution in [0.5, 0.6) is 5.75 Å². The molecule has 24 heavy (non-hydrogen) atoms. The topological polar surface area (TPSA) is 75.7 Å². The Bertz CT molecular complexity index is 658. The van der Waals surface area contributed by atoms with E-state index >= 15 is 0 Å². The van der Waals surface area contributed by atoms with Crippen molar-refractivity contribution in [2.24, 2.45) is 5.92 Å². The number of nitrogens with one attached hydrogen (secondary N) is 1. The molecule has 1 amide bonds. The van der Waals surface area contributed by atoms with Crippen molar-refractivity contribution in [2.75, 3.05) is 26.0 Å². The Morgan fingerprint density at radius 3 is 2.67 bits per heavy atom. The number of nitrogens with zero attached hydrogens (tertiary/aromatic N) is 1. The lowest BCUT2D eigenvalue weighted by atomic mass is 9.98. The maximum atomic E-state index is 12.3. The molecule has 0 aromatic heterocycles. The molecule has 1 aromatic carbocycles. The maximum Gasteiger partial charge on any atom is 0.224 e. The number of carbonyl (C=O) groups is 1. The van der Waals surface area contributed by atoms with Gasteiger partial charge in [-0.2, -0.15) is 0 Å². The molecule has 0 unspecified atom stereocenters. The largest absolute Gasteiger partial charge is 0.491 e. The molecule has 134 valence electrons. The lowest BCUT2D eigenvalue weighted by Gasteiger charge is -2.30. The molecule has 0 bridgehead atoms. The SMILES string of the molecule is Cc1ccc(OC[C@H](C)NC(=O)[C@@H]2CCCN(S(C)(=O)=O)C2)cc1. The van der Waals surface area contributed by atoms with Gasteiger partial charge in [-0.15, -0.1) is 0 Å². The molecule has 0 aliphatic carbocycles. The molecule has 1 aliphatic heterocycles. The first-order chi connectivity index (χ1) is 11.3. The molecule has 1 fully saturated rings. The summed E-state index contributed by atoms with van der Waals surface area (Å²) in [5.74, 6) is 0.362. The fraction of sp³-hybridized carbons (Fsp3) is 0.588. The van der Waals surface area contributed by atoms with Gasteiger partial charge in [0.05, 0.1) is 18.2 Å². The van der Waals surface area contributed by atoms with E-state index in [9.17, 15) is 13.2 Å². The fourth-order valence-corrected chi connectivity index (χ4v) is 3.63. The van der Waals surface area contributed by atoms with Crippen LogP contribution in [0.1, 0.15) is 25.3 Å². The van der Waals surface area contributed by atoms with Crippen molar-refractivity contribution in [3.63, 3.8) is 0 Å². The number of piperidine rings is 1. The number of sulfonamides is 1. The molecule has 0 radical (unpaired) electrons. The van der Waals surface area contributed by atoms with Crippen LogP contribution in [0, 0.1) is 12.8 Å². The Labute approximate surface area is 144 Å². The number of carbonyl (C=O) groups excluding carboxylic acids is 1. The summed E-state index contributed by atoms with van der Waals surface area (Å²) < 4.78 is 30.3. The van der Waals surface area contributed by atoms with Crippen LogP contribution in [0.25, 0.3) is 0 Å². The normalized spacial score (nSPS) is 20.4. The second-order valence-corrected chi connectivity index (χ2v) is 8.48. The predicted molar refractivity (Wildman–Crippen MR) is 93.4 cm³/mol. The van der Waals surface area contributed by atoms with Crippen molar-refractivity contribution in [3.8, 4) is 5.75 Å². The molecule has 7 heteroatoms. The van der Waals surface area contributed by atoms with E-state index in [0.717, 1.165) is 11.3 Å². The van der Waals surface area contributed by atoms with Crippen LogP contribution < -0.4 is 10.1 Å². The maximum absolute atomic E-state index is 12.3. The third-order valence-corrected chi connectivity index (χ3v) is 5.40. The van der Waals surface area contributed by atoms with Gasteiger partial charge in [0.25, 0.3) is 0 Å². The van der Waals surface area contributed by atoms with E-state index < -0.39 is 10.0 Å². The number of aryl methyl sites for hydroxylation is 1. The predicted octanol–water partition coefficient (Wildman–Crippen LogP) is 1.55. The smallest absolute Gasteiger partial charge is 0.224 e. The molecule has 1 aliphatic rings. The number of amides is 1. The average molecular weight is 354 g/mol. The van der Waals surface area contributed by atoms with Gasteiger partial charge in [-0.05, 0) is 38.8 Å². The highest BCUT2D eigenvalue weighted by atomic mass is 32.2. The summed E-state index contributed by atoms with van der Waals surface area (Å²) in [5, 5.41) is 2.92. The molecule has 1 aromatic rings. The van der Waals surface area contributed by atoms with Gasteiger partial charge in [0, 0.05) is 13.1 Å². The van der Waals surface area contributed by atoms with Crippen LogP contribution in [0.2, 0.25) is 0 Å². The van der Waals surface area contributed by atoms with Crippen LogP contribution in [0.3, 0.4) is 0 Å². The average Bonchev–Trinajstić information content (AvgIpc) is 2.53. The summed E-state index contributed by atoms with van der Waals surface area (Å²) >= 11 is 0. The lowest BCUT2D eigenvalue weighted by molar-refractivity contribution is -0.126. The van der Waals surface area contributed by atoms with E-state index in [1.54, 1.807) is 0 Å². The molecule has 1 saturated heterocycles.